The fraction of sp³-hybridized carbons (Fsp3) is 0.167. The number of aromatic nitrogens is 1. The lowest BCUT2D eigenvalue weighted by Crippen LogP contribution is -2.42. The molecule has 1 aliphatic rings. The second kappa shape index (κ2) is 7.19. The Morgan fingerprint density at radius 2 is 1.88 bits per heavy atom. The molecule has 0 bridgehead atoms. The van der Waals surface area contributed by atoms with Crippen molar-refractivity contribution in [3.8, 4) is 0 Å². The van der Waals surface area contributed by atoms with Gasteiger partial charge in [0, 0.05) is 12.6 Å². The van der Waals surface area contributed by atoms with Crippen LogP contribution in [0.3, 0.4) is 0 Å². The van der Waals surface area contributed by atoms with Crippen molar-refractivity contribution in [2.45, 2.75) is 19.4 Å². The molecule has 0 spiro atoms. The van der Waals surface area contributed by atoms with E-state index in [1.807, 2.05) is 42.5 Å². The van der Waals surface area contributed by atoms with Crippen molar-refractivity contribution in [1.82, 2.24) is 15.2 Å². The molecule has 1 atom stereocenters. The number of aryl methyl sites for hydroxylation is 1. The number of hydrogen-bond acceptors (Lipinski definition) is 5. The normalized spacial score (nSPS) is 18.4. The fourth-order valence-electron chi connectivity index (χ4n) is 4.00. The van der Waals surface area contributed by atoms with E-state index in [1.165, 1.54) is 0 Å². The molecule has 2 N–H and O–H groups in total. The Bertz CT molecular complexity index is 1410. The third kappa shape index (κ3) is 3.26. The second-order valence-corrected chi connectivity index (χ2v) is 7.97. The minimum absolute atomic E-state index is 0.399. The van der Waals surface area contributed by atoms with E-state index in [9.17, 15) is 14.4 Å². The van der Waals surface area contributed by atoms with Crippen LogP contribution in [0.4, 0.5) is 10.5 Å². The molecule has 32 heavy (non-hydrogen) atoms. The number of carbonyl (C=O) groups excluding carboxylic acids is 3. The van der Waals surface area contributed by atoms with Crippen LogP contribution in [0.25, 0.3) is 21.9 Å². The lowest BCUT2D eigenvalue weighted by atomic mass is 9.90. The highest BCUT2D eigenvalue weighted by molar-refractivity contribution is 6.10. The number of anilines is 1. The largest absolute Gasteiger partial charge is 0.441 e. The number of nitrogens with one attached hydrogen (secondary N) is 2. The number of nitrogens with zero attached hydrogens (tertiary/aromatic N) is 2. The summed E-state index contributed by atoms with van der Waals surface area (Å²) in [7, 11) is 0. The molecule has 5 rings (SSSR count). The zero-order chi connectivity index (χ0) is 22.5. The lowest BCUT2D eigenvalue weighted by Gasteiger charge is -2.22. The number of rotatable bonds is 4. The van der Waals surface area contributed by atoms with Gasteiger partial charge in [-0.3, -0.25) is 14.5 Å². The molecule has 1 aromatic heterocycles. The van der Waals surface area contributed by atoms with Gasteiger partial charge in [-0.15, -0.1) is 0 Å². The summed E-state index contributed by atoms with van der Waals surface area (Å²) in [5, 5.41) is 7.45. The summed E-state index contributed by atoms with van der Waals surface area (Å²) in [6.45, 7) is 2.99. The molecule has 4 amide bonds. The number of carbonyl (C=O) groups is 3. The highest BCUT2D eigenvalue weighted by atomic mass is 16.3. The van der Waals surface area contributed by atoms with Crippen molar-refractivity contribution in [2.24, 2.45) is 0 Å². The molecular formula is C24H20N4O4. The number of amides is 4. The zero-order valence-electron chi connectivity index (χ0n) is 17.5. The molecule has 0 saturated carbocycles. The predicted octanol–water partition coefficient (Wildman–Crippen LogP) is 3.70. The van der Waals surface area contributed by atoms with Crippen LogP contribution in [-0.2, 0) is 15.1 Å². The van der Waals surface area contributed by atoms with Gasteiger partial charge in [0.25, 0.3) is 5.91 Å². The van der Waals surface area contributed by atoms with Gasteiger partial charge >= 0.3 is 6.03 Å². The Kier molecular flexibility index (Phi) is 4.44. The first kappa shape index (κ1) is 19.7. The maximum absolute atomic E-state index is 13.2. The van der Waals surface area contributed by atoms with E-state index in [-0.39, 0.29) is 0 Å². The van der Waals surface area contributed by atoms with Crippen molar-refractivity contribution in [3.63, 3.8) is 0 Å². The van der Waals surface area contributed by atoms with E-state index in [0.29, 0.717) is 28.2 Å². The Hall–Kier alpha value is -4.20. The summed E-state index contributed by atoms with van der Waals surface area (Å²) >= 11 is 0. The summed E-state index contributed by atoms with van der Waals surface area (Å²) in [5.74, 6) is -0.442. The van der Waals surface area contributed by atoms with E-state index in [0.717, 1.165) is 15.7 Å². The molecule has 8 nitrogen and oxygen atoms in total. The van der Waals surface area contributed by atoms with E-state index < -0.39 is 29.9 Å². The molecular weight excluding hydrogens is 408 g/mol. The zero-order valence-corrected chi connectivity index (χ0v) is 17.5. The van der Waals surface area contributed by atoms with Crippen molar-refractivity contribution in [3.05, 3.63) is 72.1 Å². The van der Waals surface area contributed by atoms with Crippen LogP contribution >= 0.6 is 0 Å². The first-order chi connectivity index (χ1) is 15.3. The highest BCUT2D eigenvalue weighted by Gasteiger charge is 2.49. The Morgan fingerprint density at radius 1 is 1.09 bits per heavy atom. The van der Waals surface area contributed by atoms with Crippen molar-refractivity contribution in [2.75, 3.05) is 11.9 Å². The van der Waals surface area contributed by atoms with Crippen LogP contribution in [0.5, 0.6) is 0 Å². The van der Waals surface area contributed by atoms with Crippen LogP contribution in [-0.4, -0.2) is 34.3 Å². The number of imide groups is 1. The van der Waals surface area contributed by atoms with Crippen molar-refractivity contribution >= 4 is 45.4 Å². The molecule has 0 unspecified atom stereocenters. The van der Waals surface area contributed by atoms with Crippen LogP contribution in [0, 0.1) is 6.92 Å². The van der Waals surface area contributed by atoms with Gasteiger partial charge in [-0.25, -0.2) is 9.78 Å². The van der Waals surface area contributed by atoms with Crippen LogP contribution in [0.2, 0.25) is 0 Å². The Labute approximate surface area is 183 Å². The standard InChI is InChI=1S/C24H20N4O4/c1-14-25-19-12-18(9-10-20(19)32-14)26-21(29)13-28-22(30)24(2,27-23(28)31)17-8-7-15-5-3-4-6-16(15)11-17/h3-12H,13H2,1-2H3,(H,26,29)(H,27,31)/t24-/m1/s1. The number of fused-ring (bicyclic) bond motifs is 2. The molecule has 0 radical (unpaired) electrons. The molecule has 0 aliphatic carbocycles. The highest BCUT2D eigenvalue weighted by Crippen LogP contribution is 2.31. The minimum atomic E-state index is -1.25. The van der Waals surface area contributed by atoms with E-state index >= 15 is 0 Å². The van der Waals surface area contributed by atoms with Gasteiger partial charge in [-0.1, -0.05) is 36.4 Å². The number of benzene rings is 3. The lowest BCUT2D eigenvalue weighted by molar-refractivity contribution is -0.133. The minimum Gasteiger partial charge on any atom is -0.441 e. The van der Waals surface area contributed by atoms with Gasteiger partial charge < -0.3 is 15.1 Å². The van der Waals surface area contributed by atoms with Gasteiger partial charge in [0.05, 0.1) is 0 Å². The average molecular weight is 428 g/mol. The molecule has 3 aromatic carbocycles. The molecule has 4 aromatic rings. The maximum atomic E-state index is 13.2. The van der Waals surface area contributed by atoms with E-state index in [2.05, 4.69) is 15.6 Å². The summed E-state index contributed by atoms with van der Waals surface area (Å²) in [6.07, 6.45) is 0. The monoisotopic (exact) mass is 428 g/mol. The van der Waals surface area contributed by atoms with Crippen LogP contribution in [0.15, 0.2) is 65.1 Å². The second-order valence-electron chi connectivity index (χ2n) is 7.97. The topological polar surface area (TPSA) is 105 Å². The third-order valence-electron chi connectivity index (χ3n) is 5.68. The van der Waals surface area contributed by atoms with E-state index in [1.54, 1.807) is 32.0 Å². The quantitative estimate of drug-likeness (QED) is 0.483. The smallest absolute Gasteiger partial charge is 0.325 e. The van der Waals surface area contributed by atoms with Gasteiger partial charge in [-0.05, 0) is 47.5 Å². The molecule has 160 valence electrons. The van der Waals surface area contributed by atoms with E-state index in [4.69, 9.17) is 4.42 Å². The predicted molar refractivity (Wildman–Crippen MR) is 119 cm³/mol. The van der Waals surface area contributed by atoms with Crippen LogP contribution in [0.1, 0.15) is 18.4 Å². The molecule has 1 fully saturated rings. The molecule has 8 heteroatoms. The molecule has 1 aliphatic heterocycles. The van der Waals surface area contributed by atoms with Gasteiger partial charge in [0.1, 0.15) is 17.6 Å². The summed E-state index contributed by atoms with van der Waals surface area (Å²) < 4.78 is 5.43. The van der Waals surface area contributed by atoms with Crippen LogP contribution < -0.4 is 10.6 Å². The maximum Gasteiger partial charge on any atom is 0.325 e. The van der Waals surface area contributed by atoms with Gasteiger partial charge in [0.15, 0.2) is 11.5 Å². The van der Waals surface area contributed by atoms with Crippen molar-refractivity contribution in [1.29, 1.82) is 0 Å². The van der Waals surface area contributed by atoms with Crippen molar-refractivity contribution < 1.29 is 18.8 Å². The average Bonchev–Trinajstić information content (AvgIpc) is 3.24. The first-order valence-corrected chi connectivity index (χ1v) is 10.1. The Morgan fingerprint density at radius 3 is 2.69 bits per heavy atom. The summed E-state index contributed by atoms with van der Waals surface area (Å²) in [5.41, 5.74) is 1.13. The first-order valence-electron chi connectivity index (χ1n) is 10.1. The van der Waals surface area contributed by atoms with Gasteiger partial charge in [0.2, 0.25) is 5.91 Å². The Balaban J connectivity index is 1.35. The number of urea groups is 1. The molecule has 1 saturated heterocycles. The fourth-order valence-corrected chi connectivity index (χ4v) is 4.00. The summed E-state index contributed by atoms with van der Waals surface area (Å²) in [4.78, 5) is 43.5. The number of oxazole rings is 1. The van der Waals surface area contributed by atoms with Gasteiger partial charge in [-0.2, -0.15) is 0 Å². The summed E-state index contributed by atoms with van der Waals surface area (Å²) in [6, 6.07) is 17.8. The SMILES string of the molecule is Cc1nc2cc(NC(=O)CN3C(=O)N[C@](C)(c4ccc5ccccc5c4)C3=O)ccc2o1. The number of hydrogen-bond donors (Lipinski definition) is 2. The third-order valence-corrected chi connectivity index (χ3v) is 5.68. The molecule has 2 heterocycles.